The van der Waals surface area contributed by atoms with Crippen LogP contribution in [0.4, 0.5) is 42.5 Å². The fraction of sp³-hybridized carbons (Fsp3) is 0.233. The first-order valence-corrected chi connectivity index (χ1v) is 14.6. The SMILES string of the molecule is COc1ccc(C(C)C)c(N2C(=O)CS/C2=N\C(=O)Nc2ccc(-c3ncn(-c4ccc(OC(F)(F)C(F)(F)F)cc4)n3)cc2F)c1. The highest BCUT2D eigenvalue weighted by Gasteiger charge is 2.61. The molecule has 0 bridgehead atoms. The second-order valence-electron chi connectivity index (χ2n) is 10.2. The molecule has 0 spiro atoms. The molecule has 246 valence electrons. The van der Waals surface area contributed by atoms with Gasteiger partial charge < -0.3 is 14.8 Å². The van der Waals surface area contributed by atoms with E-state index in [1.54, 1.807) is 12.1 Å². The number of hydrogen-bond acceptors (Lipinski definition) is 7. The van der Waals surface area contributed by atoms with Crippen LogP contribution in [0, 0.1) is 5.82 Å². The molecule has 1 saturated heterocycles. The summed E-state index contributed by atoms with van der Waals surface area (Å²) in [5.41, 5.74) is 1.60. The summed E-state index contributed by atoms with van der Waals surface area (Å²) in [6.45, 7) is 3.91. The lowest BCUT2D eigenvalue weighted by Crippen LogP contribution is -2.41. The van der Waals surface area contributed by atoms with Crippen molar-refractivity contribution in [1.82, 2.24) is 14.8 Å². The molecule has 2 heterocycles. The number of anilines is 2. The summed E-state index contributed by atoms with van der Waals surface area (Å²) < 4.78 is 88.8. The van der Waals surface area contributed by atoms with Crippen molar-refractivity contribution in [3.63, 3.8) is 0 Å². The van der Waals surface area contributed by atoms with Crippen LogP contribution in [0.15, 0.2) is 72.0 Å². The standard InChI is InChI=1S/C30H24F6N6O4S/c1-16(2)21-10-9-20(45-3)13-24(21)42-25(43)14-47-28(42)39-27(44)38-23-11-4-17(12-22(23)31)26-37-15-41(40-26)18-5-7-19(8-6-18)46-30(35,36)29(32,33)34/h4-13,15-16H,14H2,1-3H3,(H,38,44)/b39-28-. The lowest BCUT2D eigenvalue weighted by atomic mass is 10.00. The number of hydrogen-bond donors (Lipinski definition) is 1. The van der Waals surface area contributed by atoms with Crippen LogP contribution in [0.3, 0.4) is 0 Å². The number of urea groups is 1. The Morgan fingerprint density at radius 3 is 2.36 bits per heavy atom. The summed E-state index contributed by atoms with van der Waals surface area (Å²) in [5, 5.41) is 6.66. The maximum absolute atomic E-state index is 15.1. The molecule has 1 N–H and O–H groups in total. The minimum atomic E-state index is -5.89. The third kappa shape index (κ3) is 7.19. The molecule has 4 aromatic rings. The molecule has 10 nitrogen and oxygen atoms in total. The lowest BCUT2D eigenvalue weighted by molar-refractivity contribution is -0.360. The highest BCUT2D eigenvalue weighted by Crippen LogP contribution is 2.38. The van der Waals surface area contributed by atoms with E-state index < -0.39 is 29.9 Å². The van der Waals surface area contributed by atoms with Crippen LogP contribution in [-0.4, -0.2) is 57.0 Å². The van der Waals surface area contributed by atoms with Crippen molar-refractivity contribution in [3.8, 4) is 28.6 Å². The minimum absolute atomic E-state index is 0.0422. The van der Waals surface area contributed by atoms with Gasteiger partial charge >= 0.3 is 18.3 Å². The van der Waals surface area contributed by atoms with Gasteiger partial charge in [0.25, 0.3) is 0 Å². The Balaban J connectivity index is 1.30. The van der Waals surface area contributed by atoms with Gasteiger partial charge in [-0.2, -0.15) is 26.9 Å². The van der Waals surface area contributed by atoms with Crippen LogP contribution in [0.2, 0.25) is 0 Å². The fourth-order valence-electron chi connectivity index (χ4n) is 4.39. The zero-order valence-corrected chi connectivity index (χ0v) is 25.5. The average molecular weight is 679 g/mol. The van der Waals surface area contributed by atoms with Crippen molar-refractivity contribution in [1.29, 1.82) is 0 Å². The second-order valence-corrected chi connectivity index (χ2v) is 11.2. The van der Waals surface area contributed by atoms with Crippen LogP contribution in [0.25, 0.3) is 17.1 Å². The van der Waals surface area contributed by atoms with Crippen molar-refractivity contribution in [2.75, 3.05) is 23.1 Å². The maximum atomic E-state index is 15.1. The van der Waals surface area contributed by atoms with Gasteiger partial charge in [0.05, 0.1) is 29.9 Å². The van der Waals surface area contributed by atoms with Crippen LogP contribution < -0.4 is 19.7 Å². The van der Waals surface area contributed by atoms with E-state index in [0.29, 0.717) is 11.4 Å². The number of nitrogens with one attached hydrogen (secondary N) is 1. The smallest absolute Gasteiger partial charge is 0.497 e. The van der Waals surface area contributed by atoms with Gasteiger partial charge in [0.1, 0.15) is 23.6 Å². The molecular weight excluding hydrogens is 654 g/mol. The number of nitrogens with zero attached hydrogens (tertiary/aromatic N) is 5. The van der Waals surface area contributed by atoms with E-state index in [0.717, 1.165) is 35.5 Å². The number of carbonyl (C=O) groups is 2. The Kier molecular flexibility index (Phi) is 9.20. The van der Waals surface area contributed by atoms with Crippen LogP contribution in [-0.2, 0) is 4.79 Å². The summed E-state index contributed by atoms with van der Waals surface area (Å²) in [6, 6.07) is 12.3. The molecule has 3 aromatic carbocycles. The predicted octanol–water partition coefficient (Wildman–Crippen LogP) is 7.41. The molecule has 5 rings (SSSR count). The lowest BCUT2D eigenvalue weighted by Gasteiger charge is -2.22. The molecule has 0 aliphatic carbocycles. The van der Waals surface area contributed by atoms with Crippen LogP contribution in [0.1, 0.15) is 25.3 Å². The molecule has 17 heteroatoms. The number of rotatable bonds is 8. The highest BCUT2D eigenvalue weighted by molar-refractivity contribution is 8.15. The molecule has 47 heavy (non-hydrogen) atoms. The van der Waals surface area contributed by atoms with E-state index in [1.165, 1.54) is 47.3 Å². The first-order valence-electron chi connectivity index (χ1n) is 13.7. The van der Waals surface area contributed by atoms with E-state index in [9.17, 15) is 31.5 Å². The number of amidine groups is 1. The van der Waals surface area contributed by atoms with E-state index >= 15 is 4.39 Å². The first-order chi connectivity index (χ1) is 22.2. The number of carbonyl (C=O) groups excluding carboxylic acids is 2. The van der Waals surface area contributed by atoms with Crippen molar-refractivity contribution < 1.29 is 45.4 Å². The number of alkyl halides is 5. The van der Waals surface area contributed by atoms with Gasteiger partial charge in [0.15, 0.2) is 11.0 Å². The average Bonchev–Trinajstić information content (AvgIpc) is 3.64. The zero-order chi connectivity index (χ0) is 34.1. The quantitative estimate of drug-likeness (QED) is 0.193. The fourth-order valence-corrected chi connectivity index (χ4v) is 5.25. The third-order valence-corrected chi connectivity index (χ3v) is 7.62. The normalized spacial score (nSPS) is 14.6. The topological polar surface area (TPSA) is 111 Å². The van der Waals surface area contributed by atoms with Crippen molar-refractivity contribution >= 4 is 40.2 Å². The summed E-state index contributed by atoms with van der Waals surface area (Å²) in [5.74, 6) is -1.21. The number of benzene rings is 3. The van der Waals surface area contributed by atoms with Gasteiger partial charge in [0, 0.05) is 11.6 Å². The molecule has 3 amide bonds. The number of halogens is 6. The number of aromatic nitrogens is 3. The highest BCUT2D eigenvalue weighted by atomic mass is 32.2. The Morgan fingerprint density at radius 1 is 1.02 bits per heavy atom. The van der Waals surface area contributed by atoms with E-state index in [1.807, 2.05) is 19.9 Å². The maximum Gasteiger partial charge on any atom is 0.499 e. The Hall–Kier alpha value is -5.06. The third-order valence-electron chi connectivity index (χ3n) is 6.70. The Morgan fingerprint density at radius 2 is 1.72 bits per heavy atom. The summed E-state index contributed by atoms with van der Waals surface area (Å²) in [4.78, 5) is 35.1. The second kappa shape index (κ2) is 13.0. The van der Waals surface area contributed by atoms with E-state index in [2.05, 4.69) is 25.1 Å². The number of amides is 3. The molecule has 0 atom stereocenters. The molecule has 1 aliphatic heterocycles. The van der Waals surface area contributed by atoms with E-state index in [4.69, 9.17) is 4.74 Å². The largest absolute Gasteiger partial charge is 0.499 e. The summed E-state index contributed by atoms with van der Waals surface area (Å²) in [7, 11) is 1.49. The van der Waals surface area contributed by atoms with E-state index in [-0.39, 0.29) is 45.5 Å². The number of methoxy groups -OCH3 is 1. The Bertz CT molecular complexity index is 1850. The van der Waals surface area contributed by atoms with Crippen LogP contribution >= 0.6 is 11.8 Å². The van der Waals surface area contributed by atoms with Crippen molar-refractivity contribution in [2.24, 2.45) is 4.99 Å². The molecule has 0 unspecified atom stereocenters. The molecule has 1 aromatic heterocycles. The molecular formula is C30H24F6N6O4S. The minimum Gasteiger partial charge on any atom is -0.497 e. The first kappa shape index (κ1) is 33.3. The van der Waals surface area contributed by atoms with Gasteiger partial charge in [-0.05, 0) is 60.0 Å². The monoisotopic (exact) mass is 678 g/mol. The number of aliphatic imine (C=N–C) groups is 1. The number of thioether (sulfide) groups is 1. The van der Waals surface area contributed by atoms with Gasteiger partial charge in [-0.15, -0.1) is 5.10 Å². The molecule has 1 aliphatic rings. The Labute approximate surface area is 267 Å². The van der Waals surface area contributed by atoms with Crippen LogP contribution in [0.5, 0.6) is 11.5 Å². The molecule has 0 radical (unpaired) electrons. The van der Waals surface area contributed by atoms with Gasteiger partial charge in [0.2, 0.25) is 5.91 Å². The molecule has 1 fully saturated rings. The van der Waals surface area contributed by atoms with Crippen molar-refractivity contribution in [2.45, 2.75) is 32.1 Å². The summed E-state index contributed by atoms with van der Waals surface area (Å²) >= 11 is 1.06. The van der Waals surface area contributed by atoms with Gasteiger partial charge in [-0.1, -0.05) is 31.7 Å². The van der Waals surface area contributed by atoms with Crippen molar-refractivity contribution in [3.05, 3.63) is 78.4 Å². The predicted molar refractivity (Wildman–Crippen MR) is 162 cm³/mol. The molecule has 0 saturated carbocycles. The zero-order valence-electron chi connectivity index (χ0n) is 24.7. The van der Waals surface area contributed by atoms with Gasteiger partial charge in [-0.3, -0.25) is 9.69 Å². The summed E-state index contributed by atoms with van der Waals surface area (Å²) in [6.07, 6.45) is -10.0. The van der Waals surface area contributed by atoms with Gasteiger partial charge in [-0.25, -0.2) is 18.9 Å². The number of ether oxygens (including phenoxy) is 2.